The van der Waals surface area contributed by atoms with E-state index in [0.29, 0.717) is 17.1 Å². The predicted molar refractivity (Wildman–Crippen MR) is 124 cm³/mol. The summed E-state index contributed by atoms with van der Waals surface area (Å²) >= 11 is 5.30. The van der Waals surface area contributed by atoms with Crippen LogP contribution in [0, 0.1) is 6.92 Å². The molecule has 156 valence electrons. The number of aliphatic hydroxyl groups excluding tert-OH is 1. The number of benzene rings is 2. The Morgan fingerprint density at radius 2 is 1.77 bits per heavy atom. The minimum Gasteiger partial charge on any atom is -0.459 e. The second kappa shape index (κ2) is 8.81. The lowest BCUT2D eigenvalue weighted by molar-refractivity contribution is 0.0977. The van der Waals surface area contributed by atoms with Crippen LogP contribution in [-0.2, 0) is 12.0 Å². The van der Waals surface area contributed by atoms with E-state index in [1.54, 1.807) is 6.07 Å². The Kier molecular flexibility index (Phi) is 6.39. The molecule has 2 aromatic carbocycles. The molecule has 0 aliphatic carbocycles. The molecule has 0 radical (unpaired) electrons. The van der Waals surface area contributed by atoms with Crippen molar-refractivity contribution >= 4 is 28.9 Å². The lowest BCUT2D eigenvalue weighted by Gasteiger charge is -2.19. The first-order chi connectivity index (χ1) is 14.2. The summed E-state index contributed by atoms with van der Waals surface area (Å²) in [5.74, 6) is 0.956. The first kappa shape index (κ1) is 21.7. The number of hydrogen-bond donors (Lipinski definition) is 3. The van der Waals surface area contributed by atoms with Crippen LogP contribution in [0.5, 0.6) is 0 Å². The van der Waals surface area contributed by atoms with E-state index in [9.17, 15) is 4.79 Å². The quantitative estimate of drug-likeness (QED) is 0.506. The van der Waals surface area contributed by atoms with Crippen LogP contribution in [0.25, 0.3) is 11.3 Å². The monoisotopic (exact) mass is 422 g/mol. The van der Waals surface area contributed by atoms with Crippen molar-refractivity contribution in [1.82, 2.24) is 5.32 Å². The maximum Gasteiger partial charge on any atom is 0.257 e. The molecule has 3 N–H and O–H groups in total. The third-order valence-electron chi connectivity index (χ3n) is 4.81. The van der Waals surface area contributed by atoms with Gasteiger partial charge in [-0.1, -0.05) is 32.9 Å². The molecule has 1 heterocycles. The predicted octanol–water partition coefficient (Wildman–Crippen LogP) is 5.17. The molecule has 0 aliphatic rings. The molecule has 6 heteroatoms. The molecule has 30 heavy (non-hydrogen) atoms. The first-order valence-corrected chi connectivity index (χ1v) is 10.1. The number of rotatable bonds is 4. The number of anilines is 1. The average molecular weight is 423 g/mol. The molecule has 1 amide bonds. The summed E-state index contributed by atoms with van der Waals surface area (Å²) in [5.41, 5.74) is 4.41. The van der Waals surface area contributed by atoms with Gasteiger partial charge in [0, 0.05) is 16.8 Å². The van der Waals surface area contributed by atoms with Crippen molar-refractivity contribution in [3.05, 3.63) is 77.0 Å². The largest absolute Gasteiger partial charge is 0.459 e. The number of furan rings is 1. The fraction of sp³-hybridized carbons (Fsp3) is 0.250. The number of nitrogens with one attached hydrogen (secondary N) is 2. The second-order valence-electron chi connectivity index (χ2n) is 8.19. The molecule has 0 atom stereocenters. The van der Waals surface area contributed by atoms with Gasteiger partial charge in [-0.05, 0) is 78.1 Å². The van der Waals surface area contributed by atoms with Gasteiger partial charge in [-0.25, -0.2) is 0 Å². The highest BCUT2D eigenvalue weighted by atomic mass is 32.1. The SMILES string of the molecule is Cc1cc(NC(=S)NC(=O)c2ccc(C(C)(C)C)cc2)ccc1-c1ccc(CO)o1. The zero-order chi connectivity index (χ0) is 21.9. The van der Waals surface area contributed by atoms with E-state index in [2.05, 4.69) is 31.4 Å². The summed E-state index contributed by atoms with van der Waals surface area (Å²) in [4.78, 5) is 12.5. The Hall–Kier alpha value is -2.96. The normalized spacial score (nSPS) is 11.2. The van der Waals surface area contributed by atoms with Crippen LogP contribution in [0.15, 0.2) is 59.0 Å². The molecular weight excluding hydrogens is 396 g/mol. The van der Waals surface area contributed by atoms with Crippen LogP contribution in [0.4, 0.5) is 5.69 Å². The molecule has 0 aliphatic heterocycles. The van der Waals surface area contributed by atoms with Crippen LogP contribution in [-0.4, -0.2) is 16.1 Å². The Bertz CT molecular complexity index is 1060. The first-order valence-electron chi connectivity index (χ1n) is 9.71. The van der Waals surface area contributed by atoms with Crippen molar-refractivity contribution in [3.63, 3.8) is 0 Å². The van der Waals surface area contributed by atoms with Crippen LogP contribution >= 0.6 is 12.2 Å². The van der Waals surface area contributed by atoms with E-state index in [-0.39, 0.29) is 23.0 Å². The highest BCUT2D eigenvalue weighted by Crippen LogP contribution is 2.28. The van der Waals surface area contributed by atoms with Gasteiger partial charge >= 0.3 is 0 Å². The fourth-order valence-corrected chi connectivity index (χ4v) is 3.30. The number of amides is 1. The van der Waals surface area contributed by atoms with Crippen molar-refractivity contribution in [1.29, 1.82) is 0 Å². The van der Waals surface area contributed by atoms with Gasteiger partial charge in [-0.3, -0.25) is 10.1 Å². The van der Waals surface area contributed by atoms with E-state index in [1.165, 1.54) is 0 Å². The summed E-state index contributed by atoms with van der Waals surface area (Å²) in [5, 5.41) is 15.1. The number of carbonyl (C=O) groups excluding carboxylic acids is 1. The van der Waals surface area contributed by atoms with Crippen LogP contribution in [0.3, 0.4) is 0 Å². The number of carbonyl (C=O) groups is 1. The molecule has 0 saturated heterocycles. The minimum absolute atomic E-state index is 0.0329. The van der Waals surface area contributed by atoms with Crippen molar-refractivity contribution in [3.8, 4) is 11.3 Å². The van der Waals surface area contributed by atoms with Crippen LogP contribution in [0.1, 0.15) is 48.0 Å². The molecule has 0 bridgehead atoms. The maximum atomic E-state index is 12.5. The van der Waals surface area contributed by atoms with Crippen molar-refractivity contribution < 1.29 is 14.3 Å². The van der Waals surface area contributed by atoms with Crippen molar-refractivity contribution in [2.45, 2.75) is 39.7 Å². The van der Waals surface area contributed by atoms with Gasteiger partial charge in [0.1, 0.15) is 18.1 Å². The van der Waals surface area contributed by atoms with Crippen molar-refractivity contribution in [2.75, 3.05) is 5.32 Å². The summed E-state index contributed by atoms with van der Waals surface area (Å²) in [6.45, 7) is 8.22. The Balaban J connectivity index is 1.64. The van der Waals surface area contributed by atoms with Gasteiger partial charge in [0.05, 0.1) is 0 Å². The molecule has 0 saturated carbocycles. The lowest BCUT2D eigenvalue weighted by Crippen LogP contribution is -2.34. The topological polar surface area (TPSA) is 74.5 Å². The summed E-state index contributed by atoms with van der Waals surface area (Å²) in [6, 6.07) is 16.8. The Morgan fingerprint density at radius 1 is 1.07 bits per heavy atom. The molecule has 0 spiro atoms. The van der Waals surface area contributed by atoms with Crippen LogP contribution < -0.4 is 10.6 Å². The van der Waals surface area contributed by atoms with E-state index in [0.717, 1.165) is 22.4 Å². The molecule has 1 aromatic heterocycles. The van der Waals surface area contributed by atoms with Gasteiger partial charge < -0.3 is 14.8 Å². The zero-order valence-corrected chi connectivity index (χ0v) is 18.4. The Labute approximate surface area is 182 Å². The third kappa shape index (κ3) is 5.14. The molecule has 0 unspecified atom stereocenters. The van der Waals surface area contributed by atoms with E-state index in [4.69, 9.17) is 21.7 Å². The molecule has 3 rings (SSSR count). The molecule has 5 nitrogen and oxygen atoms in total. The maximum absolute atomic E-state index is 12.5. The van der Waals surface area contributed by atoms with Gasteiger partial charge in [0.2, 0.25) is 0 Å². The number of thiocarbonyl (C=S) groups is 1. The average Bonchev–Trinajstić information content (AvgIpc) is 3.16. The van der Waals surface area contributed by atoms with Gasteiger partial charge in [-0.2, -0.15) is 0 Å². The Morgan fingerprint density at radius 3 is 2.33 bits per heavy atom. The molecule has 0 fully saturated rings. The summed E-state index contributed by atoms with van der Waals surface area (Å²) < 4.78 is 5.60. The lowest BCUT2D eigenvalue weighted by atomic mass is 9.87. The number of aryl methyl sites for hydroxylation is 1. The number of aliphatic hydroxyl groups is 1. The van der Waals surface area contributed by atoms with Gasteiger partial charge in [0.15, 0.2) is 5.11 Å². The highest BCUT2D eigenvalue weighted by Gasteiger charge is 2.15. The number of hydrogen-bond acceptors (Lipinski definition) is 4. The van der Waals surface area contributed by atoms with E-state index >= 15 is 0 Å². The minimum atomic E-state index is -0.256. The zero-order valence-electron chi connectivity index (χ0n) is 17.6. The summed E-state index contributed by atoms with van der Waals surface area (Å²) in [7, 11) is 0. The van der Waals surface area contributed by atoms with Gasteiger partial charge in [-0.15, -0.1) is 0 Å². The van der Waals surface area contributed by atoms with E-state index in [1.807, 2.05) is 55.5 Å². The molecular formula is C24H26N2O3S. The van der Waals surface area contributed by atoms with E-state index < -0.39 is 0 Å². The van der Waals surface area contributed by atoms with Crippen LogP contribution in [0.2, 0.25) is 0 Å². The van der Waals surface area contributed by atoms with Gasteiger partial charge in [0.25, 0.3) is 5.91 Å². The van der Waals surface area contributed by atoms with Crippen molar-refractivity contribution in [2.24, 2.45) is 0 Å². The summed E-state index contributed by atoms with van der Waals surface area (Å²) in [6.07, 6.45) is 0. The molecule has 3 aromatic rings. The standard InChI is InChI=1S/C24H26N2O3S/c1-15-13-18(9-11-20(15)21-12-10-19(14-27)29-21)25-23(30)26-22(28)16-5-7-17(8-6-16)24(2,3)4/h5-13,27H,14H2,1-4H3,(H2,25,26,28,30). The fourth-order valence-electron chi connectivity index (χ4n) is 3.08. The second-order valence-corrected chi connectivity index (χ2v) is 8.60. The third-order valence-corrected chi connectivity index (χ3v) is 5.01. The highest BCUT2D eigenvalue weighted by molar-refractivity contribution is 7.80. The smallest absolute Gasteiger partial charge is 0.257 e.